The Labute approximate surface area is 146 Å². The highest BCUT2D eigenvalue weighted by atomic mass is 32.1. The lowest BCUT2D eigenvalue weighted by Gasteiger charge is -2.06. The molecule has 24 heavy (non-hydrogen) atoms. The fraction of sp³-hybridized carbons (Fsp3) is 0.150. The zero-order valence-corrected chi connectivity index (χ0v) is 14.3. The highest BCUT2D eigenvalue weighted by Crippen LogP contribution is 2.16. The number of aliphatic imine (C=N–C) groups is 1. The predicted molar refractivity (Wildman–Crippen MR) is 103 cm³/mol. The summed E-state index contributed by atoms with van der Waals surface area (Å²) in [6.07, 6.45) is 0.967. The van der Waals surface area contributed by atoms with Crippen LogP contribution in [0.3, 0.4) is 0 Å². The fourth-order valence-electron chi connectivity index (χ4n) is 2.46. The van der Waals surface area contributed by atoms with Gasteiger partial charge in [-0.15, -0.1) is 0 Å². The lowest BCUT2D eigenvalue weighted by Crippen LogP contribution is -2.16. The third-order valence-electron chi connectivity index (χ3n) is 3.74. The molecule has 0 aliphatic carbocycles. The van der Waals surface area contributed by atoms with Crippen LogP contribution in [-0.4, -0.2) is 12.4 Å². The van der Waals surface area contributed by atoms with E-state index in [4.69, 9.17) is 5.73 Å². The molecule has 0 aliphatic rings. The van der Waals surface area contributed by atoms with Crippen LogP contribution >= 0.6 is 11.3 Å². The predicted octanol–water partition coefficient (Wildman–Crippen LogP) is 4.12. The number of nitrogens with zero attached hydrogens (tertiary/aromatic N) is 1. The molecule has 0 spiro atoms. The number of thiophene rings is 1. The lowest BCUT2D eigenvalue weighted by atomic mass is 10.1. The Bertz CT molecular complexity index is 780. The smallest absolute Gasteiger partial charge is 0.132 e. The summed E-state index contributed by atoms with van der Waals surface area (Å²) >= 11 is 1.62. The van der Waals surface area contributed by atoms with E-state index in [1.807, 2.05) is 35.0 Å². The highest BCUT2D eigenvalue weighted by molar-refractivity contribution is 7.08. The SMILES string of the molecule is NC(=Nc1cccc(CCNCc2ccccc2)c1)c1ccsc1. The maximum Gasteiger partial charge on any atom is 0.132 e. The second kappa shape index (κ2) is 8.43. The second-order valence-electron chi connectivity index (χ2n) is 5.59. The van der Waals surface area contributed by atoms with Crippen molar-refractivity contribution in [2.24, 2.45) is 10.7 Å². The Morgan fingerprint density at radius 3 is 2.62 bits per heavy atom. The fourth-order valence-corrected chi connectivity index (χ4v) is 3.11. The van der Waals surface area contributed by atoms with Crippen molar-refractivity contribution in [3.8, 4) is 0 Å². The van der Waals surface area contributed by atoms with Crippen molar-refractivity contribution in [2.45, 2.75) is 13.0 Å². The molecule has 0 atom stereocenters. The minimum atomic E-state index is 0.565. The monoisotopic (exact) mass is 335 g/mol. The number of amidine groups is 1. The van der Waals surface area contributed by atoms with Gasteiger partial charge in [-0.25, -0.2) is 4.99 Å². The molecule has 0 amide bonds. The van der Waals surface area contributed by atoms with Crippen molar-refractivity contribution < 1.29 is 0 Å². The Balaban J connectivity index is 1.54. The number of nitrogens with two attached hydrogens (primary N) is 1. The summed E-state index contributed by atoms with van der Waals surface area (Å²) in [7, 11) is 0. The normalized spacial score (nSPS) is 11.6. The molecule has 3 nitrogen and oxygen atoms in total. The third kappa shape index (κ3) is 4.78. The van der Waals surface area contributed by atoms with Crippen LogP contribution in [0.1, 0.15) is 16.7 Å². The van der Waals surface area contributed by atoms with Crippen molar-refractivity contribution in [3.63, 3.8) is 0 Å². The van der Waals surface area contributed by atoms with E-state index >= 15 is 0 Å². The van der Waals surface area contributed by atoms with Gasteiger partial charge in [-0.1, -0.05) is 42.5 Å². The molecule has 0 saturated carbocycles. The van der Waals surface area contributed by atoms with Gasteiger partial charge in [-0.05, 0) is 47.7 Å². The number of rotatable bonds is 7. The van der Waals surface area contributed by atoms with Gasteiger partial charge in [0.15, 0.2) is 0 Å². The first-order valence-corrected chi connectivity index (χ1v) is 8.96. The minimum absolute atomic E-state index is 0.565. The summed E-state index contributed by atoms with van der Waals surface area (Å²) in [6, 6.07) is 20.7. The van der Waals surface area contributed by atoms with Crippen molar-refractivity contribution in [3.05, 3.63) is 88.1 Å². The number of hydrogen-bond acceptors (Lipinski definition) is 3. The average molecular weight is 335 g/mol. The van der Waals surface area contributed by atoms with Gasteiger partial charge in [0.1, 0.15) is 5.84 Å². The molecule has 0 aliphatic heterocycles. The first-order valence-electron chi connectivity index (χ1n) is 8.01. The molecule has 3 aromatic rings. The van der Waals surface area contributed by atoms with Gasteiger partial charge >= 0.3 is 0 Å². The van der Waals surface area contributed by atoms with Gasteiger partial charge in [0.2, 0.25) is 0 Å². The van der Waals surface area contributed by atoms with Gasteiger partial charge in [0.05, 0.1) is 5.69 Å². The van der Waals surface area contributed by atoms with Crippen LogP contribution in [-0.2, 0) is 13.0 Å². The van der Waals surface area contributed by atoms with Crippen LogP contribution in [0.25, 0.3) is 0 Å². The van der Waals surface area contributed by atoms with E-state index in [1.54, 1.807) is 11.3 Å². The van der Waals surface area contributed by atoms with Crippen LogP contribution < -0.4 is 11.1 Å². The highest BCUT2D eigenvalue weighted by Gasteiger charge is 2.00. The topological polar surface area (TPSA) is 50.4 Å². The van der Waals surface area contributed by atoms with E-state index < -0.39 is 0 Å². The van der Waals surface area contributed by atoms with Crippen molar-refractivity contribution in [1.29, 1.82) is 0 Å². The maximum atomic E-state index is 6.05. The quantitative estimate of drug-likeness (QED) is 0.388. The lowest BCUT2D eigenvalue weighted by molar-refractivity contribution is 0.687. The number of nitrogens with one attached hydrogen (secondary N) is 1. The van der Waals surface area contributed by atoms with Crippen molar-refractivity contribution >= 4 is 22.9 Å². The Morgan fingerprint density at radius 2 is 1.83 bits per heavy atom. The van der Waals surface area contributed by atoms with Gasteiger partial charge in [-0.2, -0.15) is 11.3 Å². The van der Waals surface area contributed by atoms with Crippen LogP contribution in [0, 0.1) is 0 Å². The zero-order chi connectivity index (χ0) is 16.6. The summed E-state index contributed by atoms with van der Waals surface area (Å²) in [4.78, 5) is 4.52. The third-order valence-corrected chi connectivity index (χ3v) is 4.42. The van der Waals surface area contributed by atoms with E-state index in [0.717, 1.165) is 30.8 Å². The number of benzene rings is 2. The molecule has 0 radical (unpaired) electrons. The number of hydrogen-bond donors (Lipinski definition) is 2. The molecular formula is C20H21N3S. The maximum absolute atomic E-state index is 6.05. The van der Waals surface area contributed by atoms with Crippen LogP contribution in [0.4, 0.5) is 5.69 Å². The minimum Gasteiger partial charge on any atom is -0.383 e. The van der Waals surface area contributed by atoms with Gasteiger partial charge in [0, 0.05) is 17.5 Å². The first-order chi connectivity index (χ1) is 11.8. The Hall–Kier alpha value is -2.43. The van der Waals surface area contributed by atoms with E-state index in [0.29, 0.717) is 5.84 Å². The van der Waals surface area contributed by atoms with E-state index in [-0.39, 0.29) is 0 Å². The van der Waals surface area contributed by atoms with Crippen LogP contribution in [0.2, 0.25) is 0 Å². The van der Waals surface area contributed by atoms with Gasteiger partial charge in [0.25, 0.3) is 0 Å². The molecule has 0 saturated heterocycles. The summed E-state index contributed by atoms with van der Waals surface area (Å²) < 4.78 is 0. The molecule has 3 rings (SSSR count). The Morgan fingerprint density at radius 1 is 1.00 bits per heavy atom. The van der Waals surface area contributed by atoms with Crippen molar-refractivity contribution in [1.82, 2.24) is 5.32 Å². The molecule has 0 fully saturated rings. The van der Waals surface area contributed by atoms with Gasteiger partial charge < -0.3 is 11.1 Å². The van der Waals surface area contributed by atoms with E-state index in [1.165, 1.54) is 11.1 Å². The van der Waals surface area contributed by atoms with E-state index in [9.17, 15) is 0 Å². The standard InChI is InChI=1S/C20H21N3S/c21-20(18-10-12-24-15-18)23-19-8-4-7-16(13-19)9-11-22-14-17-5-2-1-3-6-17/h1-8,10,12-13,15,22H,9,11,14H2,(H2,21,23). The molecule has 3 N–H and O–H groups in total. The Kier molecular flexibility index (Phi) is 5.77. The second-order valence-corrected chi connectivity index (χ2v) is 6.37. The summed E-state index contributed by atoms with van der Waals surface area (Å²) in [5.74, 6) is 0.565. The zero-order valence-electron chi connectivity index (χ0n) is 13.5. The average Bonchev–Trinajstić information content (AvgIpc) is 3.15. The molecule has 122 valence electrons. The molecule has 2 aromatic carbocycles. The first kappa shape index (κ1) is 16.4. The molecule has 4 heteroatoms. The summed E-state index contributed by atoms with van der Waals surface area (Å²) in [5.41, 5.74) is 10.5. The van der Waals surface area contributed by atoms with Gasteiger partial charge in [-0.3, -0.25) is 0 Å². The van der Waals surface area contributed by atoms with Crippen LogP contribution in [0.15, 0.2) is 76.4 Å². The molecule has 0 unspecified atom stereocenters. The van der Waals surface area contributed by atoms with Crippen LogP contribution in [0.5, 0.6) is 0 Å². The van der Waals surface area contributed by atoms with Crippen molar-refractivity contribution in [2.75, 3.05) is 6.54 Å². The molecule has 0 bridgehead atoms. The molecule has 1 heterocycles. The summed E-state index contributed by atoms with van der Waals surface area (Å²) in [5, 5.41) is 7.49. The molecular weight excluding hydrogens is 314 g/mol. The molecule has 1 aromatic heterocycles. The summed E-state index contributed by atoms with van der Waals surface area (Å²) in [6.45, 7) is 1.83. The largest absolute Gasteiger partial charge is 0.383 e. The van der Waals surface area contributed by atoms with E-state index in [2.05, 4.69) is 46.7 Å².